The summed E-state index contributed by atoms with van der Waals surface area (Å²) in [5.41, 5.74) is 1.27. The number of hydrogen-bond donors (Lipinski definition) is 2. The first-order valence-corrected chi connectivity index (χ1v) is 11.5. The van der Waals surface area contributed by atoms with Gasteiger partial charge in [-0.1, -0.05) is 36.3 Å². The Balaban J connectivity index is 0.000000479. The quantitative estimate of drug-likeness (QED) is 0.486. The fourth-order valence-corrected chi connectivity index (χ4v) is 3.86. The molecule has 1 fully saturated rings. The summed E-state index contributed by atoms with van der Waals surface area (Å²) in [7, 11) is 1.67. The number of aryl methyl sites for hydroxylation is 2. The lowest BCUT2D eigenvalue weighted by molar-refractivity contribution is -0.192. The maximum atomic E-state index is 13.4. The number of carboxylic acid groups (broad SMARTS) is 1. The molecular weight excluding hydrogens is 493 g/mol. The van der Waals surface area contributed by atoms with E-state index in [9.17, 15) is 22.8 Å². The minimum Gasteiger partial charge on any atom is -0.475 e. The molecule has 0 atom stereocenters. The Bertz CT molecular complexity index is 1420. The van der Waals surface area contributed by atoms with Crippen molar-refractivity contribution in [1.29, 1.82) is 0 Å². The third-order valence-electron chi connectivity index (χ3n) is 5.74. The summed E-state index contributed by atoms with van der Waals surface area (Å²) in [6.07, 6.45) is -4.48. The van der Waals surface area contributed by atoms with Gasteiger partial charge in [-0.25, -0.2) is 9.59 Å². The number of halogens is 3. The van der Waals surface area contributed by atoms with E-state index in [4.69, 9.17) is 14.9 Å². The second kappa shape index (κ2) is 11.8. The molecule has 37 heavy (non-hydrogen) atoms. The third kappa shape index (κ3) is 6.39. The van der Waals surface area contributed by atoms with Crippen molar-refractivity contribution in [3.63, 3.8) is 0 Å². The second-order valence-corrected chi connectivity index (χ2v) is 8.17. The lowest BCUT2D eigenvalue weighted by Crippen LogP contribution is -2.44. The molecule has 0 bridgehead atoms. The Kier molecular flexibility index (Phi) is 8.77. The van der Waals surface area contributed by atoms with Crippen LogP contribution in [0.1, 0.15) is 12.5 Å². The highest BCUT2D eigenvalue weighted by Gasteiger charge is 2.38. The van der Waals surface area contributed by atoms with Crippen molar-refractivity contribution >= 4 is 23.1 Å². The Morgan fingerprint density at radius 3 is 2.32 bits per heavy atom. The molecule has 0 radical (unpaired) electrons. The lowest BCUT2D eigenvalue weighted by atomic mass is 10.1. The number of alkyl halides is 3. The fraction of sp³-hybridized carbons (Fsp3) is 0.417. The van der Waals surface area contributed by atoms with Crippen molar-refractivity contribution in [1.82, 2.24) is 24.0 Å². The van der Waals surface area contributed by atoms with Crippen LogP contribution >= 0.6 is 0 Å². The molecule has 198 valence electrons. The highest BCUT2D eigenvalue weighted by molar-refractivity contribution is 5.75. The molecule has 0 unspecified atom stereocenters. The standard InChI is InChI=1S/C22H26N6O2.C2HF3O2/c1-3-4-13-27-18-19(24-21(27)26-15-11-23-12-16-26)25(2)22(30)28(20(18)29)14-10-17-8-6-5-7-9-17;3-2(4,5)1(6)7/h5-9,23H,10-16H2,1-2H3;(H,6,7). The van der Waals surface area contributed by atoms with Crippen molar-refractivity contribution in [2.75, 3.05) is 31.1 Å². The smallest absolute Gasteiger partial charge is 0.475 e. The monoisotopic (exact) mass is 520 g/mol. The molecule has 13 heteroatoms. The van der Waals surface area contributed by atoms with Gasteiger partial charge in [0, 0.05) is 39.8 Å². The van der Waals surface area contributed by atoms with Gasteiger partial charge < -0.3 is 15.3 Å². The number of aliphatic carboxylic acids is 1. The summed E-state index contributed by atoms with van der Waals surface area (Å²) in [6.45, 7) is 5.73. The number of nitrogens with zero attached hydrogens (tertiary/aromatic N) is 5. The van der Waals surface area contributed by atoms with Crippen LogP contribution in [0.2, 0.25) is 0 Å². The largest absolute Gasteiger partial charge is 0.490 e. The Morgan fingerprint density at radius 2 is 1.76 bits per heavy atom. The van der Waals surface area contributed by atoms with E-state index in [0.29, 0.717) is 36.6 Å². The zero-order valence-electron chi connectivity index (χ0n) is 20.4. The highest BCUT2D eigenvalue weighted by Crippen LogP contribution is 2.20. The second-order valence-electron chi connectivity index (χ2n) is 8.17. The summed E-state index contributed by atoms with van der Waals surface area (Å²) < 4.78 is 36.4. The van der Waals surface area contributed by atoms with Crippen LogP contribution in [0.15, 0.2) is 39.9 Å². The first-order chi connectivity index (χ1) is 17.6. The number of aromatic nitrogens is 4. The third-order valence-corrected chi connectivity index (χ3v) is 5.74. The van der Waals surface area contributed by atoms with Gasteiger partial charge in [0.05, 0.1) is 6.54 Å². The van der Waals surface area contributed by atoms with Gasteiger partial charge in [0.15, 0.2) is 11.2 Å². The predicted octanol–water partition coefficient (Wildman–Crippen LogP) is 1.21. The first-order valence-electron chi connectivity index (χ1n) is 11.5. The van der Waals surface area contributed by atoms with Crippen LogP contribution in [-0.4, -0.2) is 62.1 Å². The molecule has 2 aromatic heterocycles. The normalized spacial score (nSPS) is 13.5. The van der Waals surface area contributed by atoms with E-state index < -0.39 is 12.1 Å². The summed E-state index contributed by atoms with van der Waals surface area (Å²) in [5.74, 6) is 3.90. The lowest BCUT2D eigenvalue weighted by Gasteiger charge is -2.28. The van der Waals surface area contributed by atoms with Gasteiger partial charge in [0.1, 0.15) is 0 Å². The molecular formula is C24H27F3N6O4. The average Bonchev–Trinajstić information content (AvgIpc) is 3.27. The minimum absolute atomic E-state index is 0.309. The van der Waals surface area contributed by atoms with E-state index >= 15 is 0 Å². The van der Waals surface area contributed by atoms with E-state index in [0.717, 1.165) is 31.7 Å². The Labute approximate surface area is 209 Å². The number of carboxylic acids is 1. The van der Waals surface area contributed by atoms with E-state index in [-0.39, 0.29) is 11.2 Å². The number of benzene rings is 1. The van der Waals surface area contributed by atoms with Crippen LogP contribution in [-0.2, 0) is 31.4 Å². The molecule has 10 nitrogen and oxygen atoms in total. The zero-order chi connectivity index (χ0) is 27.2. The maximum absolute atomic E-state index is 13.4. The number of rotatable bonds is 5. The van der Waals surface area contributed by atoms with E-state index in [2.05, 4.69) is 22.1 Å². The van der Waals surface area contributed by atoms with Gasteiger partial charge in [0.25, 0.3) is 5.56 Å². The number of fused-ring (bicyclic) bond motifs is 1. The van der Waals surface area contributed by atoms with Crippen LogP contribution in [0, 0.1) is 11.8 Å². The van der Waals surface area contributed by atoms with Crippen LogP contribution in [0.5, 0.6) is 0 Å². The molecule has 1 aliphatic heterocycles. The van der Waals surface area contributed by atoms with Crippen molar-refractivity contribution in [2.24, 2.45) is 7.05 Å². The topological polar surface area (TPSA) is 114 Å². The molecule has 1 aliphatic rings. The summed E-state index contributed by atoms with van der Waals surface area (Å²) in [6, 6.07) is 9.86. The molecule has 2 N–H and O–H groups in total. The van der Waals surface area contributed by atoms with Gasteiger partial charge in [-0.3, -0.25) is 18.5 Å². The molecule has 4 rings (SSSR count). The van der Waals surface area contributed by atoms with Crippen LogP contribution < -0.4 is 21.5 Å². The molecule has 3 aromatic rings. The van der Waals surface area contributed by atoms with Crippen LogP contribution in [0.4, 0.5) is 19.1 Å². The number of hydrogen-bond acceptors (Lipinski definition) is 6. The van der Waals surface area contributed by atoms with Crippen LogP contribution in [0.25, 0.3) is 11.2 Å². The van der Waals surface area contributed by atoms with Crippen molar-refractivity contribution in [3.8, 4) is 11.8 Å². The molecule has 0 saturated carbocycles. The van der Waals surface area contributed by atoms with Crippen molar-refractivity contribution < 1.29 is 23.1 Å². The molecule has 1 aromatic carbocycles. The number of imidazole rings is 1. The van der Waals surface area contributed by atoms with Gasteiger partial charge in [0.2, 0.25) is 5.95 Å². The molecule has 0 spiro atoms. The number of nitrogens with one attached hydrogen (secondary N) is 1. The number of piperazine rings is 1. The van der Waals surface area contributed by atoms with Gasteiger partial charge in [-0.2, -0.15) is 18.2 Å². The maximum Gasteiger partial charge on any atom is 0.490 e. The predicted molar refractivity (Wildman–Crippen MR) is 132 cm³/mol. The van der Waals surface area contributed by atoms with Crippen LogP contribution in [0.3, 0.4) is 0 Å². The number of anilines is 1. The first kappa shape index (κ1) is 27.5. The van der Waals surface area contributed by atoms with Crippen molar-refractivity contribution in [3.05, 3.63) is 56.7 Å². The molecule has 0 amide bonds. The summed E-state index contributed by atoms with van der Waals surface area (Å²) in [4.78, 5) is 42.1. The fourth-order valence-electron chi connectivity index (χ4n) is 3.86. The molecule has 0 aliphatic carbocycles. The van der Waals surface area contributed by atoms with Gasteiger partial charge >= 0.3 is 17.8 Å². The summed E-state index contributed by atoms with van der Waals surface area (Å²) >= 11 is 0. The Morgan fingerprint density at radius 1 is 1.14 bits per heavy atom. The molecule has 3 heterocycles. The number of carbonyl (C=O) groups is 1. The van der Waals surface area contributed by atoms with E-state index in [1.807, 2.05) is 34.9 Å². The SMILES string of the molecule is CC#CCn1c(N2CCNCC2)nc2c1c(=O)n(CCc1ccccc1)c(=O)n2C.O=C(O)C(F)(F)F. The van der Waals surface area contributed by atoms with Gasteiger partial charge in [-0.15, -0.1) is 5.92 Å². The Hall–Kier alpha value is -4.05. The van der Waals surface area contributed by atoms with E-state index in [1.54, 1.807) is 14.0 Å². The summed E-state index contributed by atoms with van der Waals surface area (Å²) in [5, 5.41) is 10.5. The van der Waals surface area contributed by atoms with Crippen molar-refractivity contribution in [2.45, 2.75) is 32.6 Å². The van der Waals surface area contributed by atoms with E-state index in [1.165, 1.54) is 9.13 Å². The minimum atomic E-state index is -5.08. The highest BCUT2D eigenvalue weighted by atomic mass is 19.4. The zero-order valence-corrected chi connectivity index (χ0v) is 20.4. The molecule has 1 saturated heterocycles. The average molecular weight is 521 g/mol. The van der Waals surface area contributed by atoms with Gasteiger partial charge in [-0.05, 0) is 18.9 Å².